The number of hydrogen-bond acceptors (Lipinski definition) is 3. The van der Waals surface area contributed by atoms with E-state index in [4.69, 9.17) is 0 Å². The number of piperidine rings is 1. The number of carbonyl (C=O) groups excluding carboxylic acids is 1. The van der Waals surface area contributed by atoms with Gasteiger partial charge < -0.3 is 10.0 Å². The maximum Gasteiger partial charge on any atom is 0.165 e. The van der Waals surface area contributed by atoms with E-state index in [0.29, 0.717) is 12.2 Å². The lowest BCUT2D eigenvalue weighted by atomic mass is 10.1. The van der Waals surface area contributed by atoms with Crippen LogP contribution in [0.5, 0.6) is 0 Å². The minimum Gasteiger partial charge on any atom is -0.391 e. The van der Waals surface area contributed by atoms with E-state index in [1.807, 2.05) is 11.8 Å². The van der Waals surface area contributed by atoms with Gasteiger partial charge in [-0.05, 0) is 19.8 Å². The second-order valence-corrected chi connectivity index (χ2v) is 3.07. The van der Waals surface area contributed by atoms with E-state index in [-0.39, 0.29) is 6.10 Å². The molecular weight excluding hydrogens is 154 g/mol. The van der Waals surface area contributed by atoms with Crippen LogP contribution in [0.15, 0.2) is 11.8 Å². The fraction of sp³-hybridized carbons (Fsp3) is 0.667. The molecule has 1 heterocycles. The minimum atomic E-state index is -0.270. The largest absolute Gasteiger partial charge is 0.391 e. The number of carbonyl (C=O) groups is 1. The molecule has 3 nitrogen and oxygen atoms in total. The van der Waals surface area contributed by atoms with Crippen LogP contribution in [0.25, 0.3) is 0 Å². The summed E-state index contributed by atoms with van der Waals surface area (Å²) in [7, 11) is 0. The summed E-state index contributed by atoms with van der Waals surface area (Å²) in [6.45, 7) is 3.32. The number of nitrogens with zero attached hydrogens (tertiary/aromatic N) is 1. The first-order valence-corrected chi connectivity index (χ1v) is 4.32. The summed E-state index contributed by atoms with van der Waals surface area (Å²) in [6.07, 6.45) is 4.18. The molecule has 1 unspecified atom stereocenters. The molecule has 1 atom stereocenters. The molecule has 1 aliphatic rings. The molecule has 1 saturated heterocycles. The Balaban J connectivity index is 2.55. The maximum absolute atomic E-state index is 10.6. The SMILES string of the molecule is CC=C(C=O)N1CCCC(O)C1. The molecule has 0 aliphatic carbocycles. The van der Waals surface area contributed by atoms with Gasteiger partial charge in [0.2, 0.25) is 0 Å². The van der Waals surface area contributed by atoms with Crippen molar-refractivity contribution in [2.24, 2.45) is 0 Å². The third kappa shape index (κ3) is 2.08. The first kappa shape index (κ1) is 9.26. The van der Waals surface area contributed by atoms with Crippen molar-refractivity contribution in [3.8, 4) is 0 Å². The average Bonchev–Trinajstić information content (AvgIpc) is 2.07. The van der Waals surface area contributed by atoms with E-state index < -0.39 is 0 Å². The summed E-state index contributed by atoms with van der Waals surface area (Å²) in [6, 6.07) is 0. The van der Waals surface area contributed by atoms with Crippen LogP contribution in [0.3, 0.4) is 0 Å². The van der Waals surface area contributed by atoms with Gasteiger partial charge in [0.25, 0.3) is 0 Å². The third-order valence-electron chi connectivity index (χ3n) is 2.18. The van der Waals surface area contributed by atoms with Gasteiger partial charge in [-0.25, -0.2) is 0 Å². The summed E-state index contributed by atoms with van der Waals surface area (Å²) in [5, 5.41) is 9.33. The summed E-state index contributed by atoms with van der Waals surface area (Å²) in [5.41, 5.74) is 0.689. The van der Waals surface area contributed by atoms with Crippen molar-refractivity contribution in [1.29, 1.82) is 0 Å². The zero-order valence-corrected chi connectivity index (χ0v) is 7.36. The molecule has 1 rings (SSSR count). The fourth-order valence-corrected chi connectivity index (χ4v) is 1.51. The lowest BCUT2D eigenvalue weighted by Gasteiger charge is -2.31. The lowest BCUT2D eigenvalue weighted by molar-refractivity contribution is -0.106. The highest BCUT2D eigenvalue weighted by atomic mass is 16.3. The molecule has 0 spiro atoms. The van der Waals surface area contributed by atoms with Gasteiger partial charge in [-0.3, -0.25) is 4.79 Å². The van der Waals surface area contributed by atoms with E-state index in [0.717, 1.165) is 25.7 Å². The first-order valence-electron chi connectivity index (χ1n) is 4.32. The molecule has 1 aliphatic heterocycles. The average molecular weight is 169 g/mol. The zero-order valence-electron chi connectivity index (χ0n) is 7.36. The molecular formula is C9H15NO2. The van der Waals surface area contributed by atoms with Gasteiger partial charge in [-0.15, -0.1) is 0 Å². The van der Waals surface area contributed by atoms with Crippen molar-refractivity contribution in [3.63, 3.8) is 0 Å². The molecule has 0 saturated carbocycles. The van der Waals surface area contributed by atoms with Gasteiger partial charge in [-0.1, -0.05) is 6.08 Å². The Morgan fingerprint density at radius 3 is 2.92 bits per heavy atom. The molecule has 12 heavy (non-hydrogen) atoms. The second-order valence-electron chi connectivity index (χ2n) is 3.07. The highest BCUT2D eigenvalue weighted by Gasteiger charge is 2.18. The molecule has 1 N–H and O–H groups in total. The topological polar surface area (TPSA) is 40.5 Å². The Hall–Kier alpha value is -0.830. The number of rotatable bonds is 2. The van der Waals surface area contributed by atoms with E-state index in [9.17, 15) is 9.90 Å². The number of likely N-dealkylation sites (tertiary alicyclic amines) is 1. The monoisotopic (exact) mass is 169 g/mol. The Labute approximate surface area is 72.7 Å². The van der Waals surface area contributed by atoms with Crippen LogP contribution < -0.4 is 0 Å². The first-order chi connectivity index (χ1) is 5.77. The van der Waals surface area contributed by atoms with Crippen LogP contribution >= 0.6 is 0 Å². The highest BCUT2D eigenvalue weighted by molar-refractivity contribution is 5.72. The number of β-amino-alcohol motifs (C(OH)–C–C–N with tert-alkyl or cyclic N) is 1. The van der Waals surface area contributed by atoms with Crippen LogP contribution in [-0.4, -0.2) is 35.5 Å². The van der Waals surface area contributed by atoms with Gasteiger partial charge in [0.05, 0.1) is 11.8 Å². The molecule has 0 aromatic heterocycles. The number of aldehydes is 1. The Bertz CT molecular complexity index is 189. The van der Waals surface area contributed by atoms with Crippen molar-refractivity contribution in [3.05, 3.63) is 11.8 Å². The van der Waals surface area contributed by atoms with E-state index in [2.05, 4.69) is 0 Å². The van der Waals surface area contributed by atoms with Gasteiger partial charge >= 0.3 is 0 Å². The number of aliphatic hydroxyl groups is 1. The summed E-state index contributed by atoms with van der Waals surface area (Å²) < 4.78 is 0. The van der Waals surface area contributed by atoms with E-state index in [1.165, 1.54) is 0 Å². The quantitative estimate of drug-likeness (QED) is 0.484. The van der Waals surface area contributed by atoms with Crippen molar-refractivity contribution in [2.45, 2.75) is 25.9 Å². The molecule has 68 valence electrons. The Kier molecular flexibility index (Phi) is 3.29. The molecule has 0 aromatic rings. The highest BCUT2D eigenvalue weighted by Crippen LogP contribution is 2.13. The van der Waals surface area contributed by atoms with Gasteiger partial charge in [-0.2, -0.15) is 0 Å². The number of hydrogen-bond donors (Lipinski definition) is 1. The normalized spacial score (nSPS) is 25.7. The van der Waals surface area contributed by atoms with Crippen molar-refractivity contribution in [1.82, 2.24) is 4.90 Å². The van der Waals surface area contributed by atoms with Crippen LogP contribution in [-0.2, 0) is 4.79 Å². The van der Waals surface area contributed by atoms with Crippen molar-refractivity contribution in [2.75, 3.05) is 13.1 Å². The van der Waals surface area contributed by atoms with Crippen LogP contribution in [0, 0.1) is 0 Å². The molecule has 0 radical (unpaired) electrons. The lowest BCUT2D eigenvalue weighted by Crippen LogP contribution is -2.37. The smallest absolute Gasteiger partial charge is 0.165 e. The fourth-order valence-electron chi connectivity index (χ4n) is 1.51. The molecule has 3 heteroatoms. The van der Waals surface area contributed by atoms with Crippen LogP contribution in [0.4, 0.5) is 0 Å². The molecule has 0 bridgehead atoms. The zero-order chi connectivity index (χ0) is 8.97. The van der Waals surface area contributed by atoms with E-state index >= 15 is 0 Å². The van der Waals surface area contributed by atoms with Crippen molar-refractivity contribution >= 4 is 6.29 Å². The Morgan fingerprint density at radius 1 is 1.67 bits per heavy atom. The number of allylic oxidation sites excluding steroid dienone is 2. The second kappa shape index (κ2) is 4.26. The summed E-state index contributed by atoms with van der Waals surface area (Å²) in [5.74, 6) is 0. The van der Waals surface area contributed by atoms with Crippen LogP contribution in [0.1, 0.15) is 19.8 Å². The Morgan fingerprint density at radius 2 is 2.42 bits per heavy atom. The summed E-state index contributed by atoms with van der Waals surface area (Å²) >= 11 is 0. The number of aliphatic hydroxyl groups excluding tert-OH is 1. The van der Waals surface area contributed by atoms with Gasteiger partial charge in [0, 0.05) is 13.1 Å². The van der Waals surface area contributed by atoms with Gasteiger partial charge in [0.1, 0.15) is 0 Å². The predicted molar refractivity (Wildman–Crippen MR) is 46.6 cm³/mol. The molecule has 0 aromatic carbocycles. The molecule has 1 fully saturated rings. The standard InChI is InChI=1S/C9H15NO2/c1-2-8(7-11)10-5-3-4-9(12)6-10/h2,7,9,12H,3-6H2,1H3. The predicted octanol–water partition coefficient (Wildman–Crippen LogP) is 0.546. The summed E-state index contributed by atoms with van der Waals surface area (Å²) in [4.78, 5) is 12.5. The maximum atomic E-state index is 10.6. The van der Waals surface area contributed by atoms with Crippen LogP contribution in [0.2, 0.25) is 0 Å². The van der Waals surface area contributed by atoms with Gasteiger partial charge in [0.15, 0.2) is 6.29 Å². The minimum absolute atomic E-state index is 0.270. The van der Waals surface area contributed by atoms with Crippen molar-refractivity contribution < 1.29 is 9.90 Å². The third-order valence-corrected chi connectivity index (χ3v) is 2.18. The van der Waals surface area contributed by atoms with E-state index in [1.54, 1.807) is 6.08 Å². The molecule has 0 amide bonds.